The highest BCUT2D eigenvalue weighted by Gasteiger charge is 2.19. The van der Waals surface area contributed by atoms with Crippen molar-refractivity contribution >= 4 is 0 Å². The van der Waals surface area contributed by atoms with Gasteiger partial charge in [-0.1, -0.05) is 0 Å². The first-order valence-corrected chi connectivity index (χ1v) is 4.92. The van der Waals surface area contributed by atoms with Crippen molar-refractivity contribution in [1.82, 2.24) is 9.88 Å². The van der Waals surface area contributed by atoms with Crippen LogP contribution in [0.15, 0.2) is 24.5 Å². The van der Waals surface area contributed by atoms with E-state index in [9.17, 15) is 0 Å². The van der Waals surface area contributed by atoms with Gasteiger partial charge in [0, 0.05) is 18.9 Å². The van der Waals surface area contributed by atoms with Gasteiger partial charge in [-0.3, -0.25) is 4.98 Å². The number of likely N-dealkylation sites (tertiary alicyclic amines) is 1. The Morgan fingerprint density at radius 1 is 1.46 bits per heavy atom. The van der Waals surface area contributed by atoms with Crippen LogP contribution in [0.3, 0.4) is 0 Å². The molecule has 70 valence electrons. The minimum absolute atomic E-state index is 0.854. The van der Waals surface area contributed by atoms with Crippen molar-refractivity contribution in [1.29, 1.82) is 0 Å². The molecule has 1 aliphatic heterocycles. The number of pyridine rings is 1. The quantitative estimate of drug-likeness (QED) is 0.680. The molecule has 1 fully saturated rings. The largest absolute Gasteiger partial charge is 0.306 e. The van der Waals surface area contributed by atoms with Gasteiger partial charge in [0.15, 0.2) is 0 Å². The lowest BCUT2D eigenvalue weighted by Gasteiger charge is -2.09. The highest BCUT2D eigenvalue weighted by Crippen LogP contribution is 2.18. The first kappa shape index (κ1) is 8.70. The van der Waals surface area contributed by atoms with Crippen LogP contribution in [0.4, 0.5) is 0 Å². The number of rotatable bonds is 2. The van der Waals surface area contributed by atoms with Crippen LogP contribution in [0.1, 0.15) is 12.0 Å². The molecule has 0 amide bonds. The zero-order chi connectivity index (χ0) is 9.10. The Hall–Kier alpha value is -0.890. The summed E-state index contributed by atoms with van der Waals surface area (Å²) in [6.45, 7) is 2.51. The van der Waals surface area contributed by atoms with Gasteiger partial charge in [-0.15, -0.1) is 0 Å². The molecule has 2 heteroatoms. The standard InChI is InChI=1S/C11H16N2/c1-13-7-4-11(9-13)8-10-2-5-12-6-3-10/h2-3,5-6,11H,4,7-9H2,1H3. The lowest BCUT2D eigenvalue weighted by atomic mass is 10.00. The molecule has 0 spiro atoms. The molecular formula is C11H16N2. The third kappa shape index (κ3) is 2.28. The van der Waals surface area contributed by atoms with E-state index < -0.39 is 0 Å². The highest BCUT2D eigenvalue weighted by atomic mass is 15.1. The van der Waals surface area contributed by atoms with Crippen molar-refractivity contribution in [2.24, 2.45) is 5.92 Å². The Kier molecular flexibility index (Phi) is 2.60. The summed E-state index contributed by atoms with van der Waals surface area (Å²) in [5.41, 5.74) is 1.43. The van der Waals surface area contributed by atoms with Gasteiger partial charge in [0.25, 0.3) is 0 Å². The molecule has 0 N–H and O–H groups in total. The minimum atomic E-state index is 0.854. The molecular weight excluding hydrogens is 160 g/mol. The summed E-state index contributed by atoms with van der Waals surface area (Å²) in [5, 5.41) is 0. The minimum Gasteiger partial charge on any atom is -0.306 e. The van der Waals surface area contributed by atoms with E-state index in [1.165, 1.54) is 31.5 Å². The van der Waals surface area contributed by atoms with Crippen LogP contribution in [0.25, 0.3) is 0 Å². The van der Waals surface area contributed by atoms with Crippen molar-refractivity contribution in [3.8, 4) is 0 Å². The molecule has 1 aromatic heterocycles. The van der Waals surface area contributed by atoms with Gasteiger partial charge in [0.1, 0.15) is 0 Å². The molecule has 0 radical (unpaired) electrons. The molecule has 1 aromatic rings. The van der Waals surface area contributed by atoms with Gasteiger partial charge in [-0.25, -0.2) is 0 Å². The number of hydrogen-bond donors (Lipinski definition) is 0. The second kappa shape index (κ2) is 3.88. The van der Waals surface area contributed by atoms with Gasteiger partial charge in [0.2, 0.25) is 0 Å². The highest BCUT2D eigenvalue weighted by molar-refractivity contribution is 5.10. The molecule has 1 aliphatic rings. The van der Waals surface area contributed by atoms with Crippen LogP contribution in [0.2, 0.25) is 0 Å². The smallest absolute Gasteiger partial charge is 0.0270 e. The first-order chi connectivity index (χ1) is 6.34. The third-order valence-electron chi connectivity index (χ3n) is 2.76. The molecule has 0 bridgehead atoms. The van der Waals surface area contributed by atoms with Gasteiger partial charge in [-0.2, -0.15) is 0 Å². The monoisotopic (exact) mass is 176 g/mol. The van der Waals surface area contributed by atoms with Gasteiger partial charge in [0.05, 0.1) is 0 Å². The molecule has 2 nitrogen and oxygen atoms in total. The van der Waals surface area contributed by atoms with Crippen LogP contribution >= 0.6 is 0 Å². The first-order valence-electron chi connectivity index (χ1n) is 4.92. The molecule has 2 heterocycles. The van der Waals surface area contributed by atoms with Crippen molar-refractivity contribution in [3.63, 3.8) is 0 Å². The van der Waals surface area contributed by atoms with Crippen LogP contribution < -0.4 is 0 Å². The normalized spacial score (nSPS) is 23.6. The predicted molar refractivity (Wildman–Crippen MR) is 53.5 cm³/mol. The maximum atomic E-state index is 4.02. The topological polar surface area (TPSA) is 16.1 Å². The lowest BCUT2D eigenvalue weighted by molar-refractivity contribution is 0.394. The summed E-state index contributed by atoms with van der Waals surface area (Å²) in [5.74, 6) is 0.854. The van der Waals surface area contributed by atoms with Gasteiger partial charge in [-0.05, 0) is 50.0 Å². The summed E-state index contributed by atoms with van der Waals surface area (Å²) in [6.07, 6.45) is 6.33. The number of aromatic nitrogens is 1. The van der Waals surface area contributed by atoms with E-state index in [0.29, 0.717) is 0 Å². The molecule has 1 saturated heterocycles. The summed E-state index contributed by atoms with van der Waals surface area (Å²) in [6, 6.07) is 4.25. The SMILES string of the molecule is CN1CCC(Cc2ccncc2)C1. The Morgan fingerprint density at radius 3 is 2.85 bits per heavy atom. The Bertz CT molecular complexity index is 258. The lowest BCUT2D eigenvalue weighted by Crippen LogP contribution is -2.14. The second-order valence-corrected chi connectivity index (χ2v) is 3.98. The zero-order valence-electron chi connectivity index (χ0n) is 8.11. The molecule has 0 aromatic carbocycles. The van der Waals surface area contributed by atoms with E-state index >= 15 is 0 Å². The molecule has 0 saturated carbocycles. The van der Waals surface area contributed by atoms with E-state index in [1.807, 2.05) is 12.4 Å². The Morgan fingerprint density at radius 2 is 2.23 bits per heavy atom. The Balaban J connectivity index is 1.92. The van der Waals surface area contributed by atoms with Crippen LogP contribution in [0, 0.1) is 5.92 Å². The average Bonchev–Trinajstić information content (AvgIpc) is 2.53. The van der Waals surface area contributed by atoms with Crippen LogP contribution in [0.5, 0.6) is 0 Å². The summed E-state index contributed by atoms with van der Waals surface area (Å²) < 4.78 is 0. The summed E-state index contributed by atoms with van der Waals surface area (Å²) >= 11 is 0. The van der Waals surface area contributed by atoms with Gasteiger partial charge < -0.3 is 4.90 Å². The summed E-state index contributed by atoms with van der Waals surface area (Å²) in [7, 11) is 2.20. The van der Waals surface area contributed by atoms with Crippen molar-refractivity contribution in [3.05, 3.63) is 30.1 Å². The summed E-state index contributed by atoms with van der Waals surface area (Å²) in [4.78, 5) is 6.43. The maximum Gasteiger partial charge on any atom is 0.0270 e. The van der Waals surface area contributed by atoms with Crippen LogP contribution in [-0.4, -0.2) is 30.0 Å². The number of nitrogens with zero attached hydrogens (tertiary/aromatic N) is 2. The second-order valence-electron chi connectivity index (χ2n) is 3.98. The average molecular weight is 176 g/mol. The molecule has 2 rings (SSSR count). The molecule has 1 unspecified atom stereocenters. The predicted octanol–water partition coefficient (Wildman–Crippen LogP) is 1.58. The number of hydrogen-bond acceptors (Lipinski definition) is 2. The van der Waals surface area contributed by atoms with Gasteiger partial charge >= 0.3 is 0 Å². The fourth-order valence-corrected chi connectivity index (χ4v) is 2.05. The third-order valence-corrected chi connectivity index (χ3v) is 2.76. The molecule has 13 heavy (non-hydrogen) atoms. The fraction of sp³-hybridized carbons (Fsp3) is 0.545. The van der Waals surface area contributed by atoms with Crippen molar-refractivity contribution in [2.45, 2.75) is 12.8 Å². The van der Waals surface area contributed by atoms with E-state index in [2.05, 4.69) is 29.1 Å². The van der Waals surface area contributed by atoms with E-state index in [1.54, 1.807) is 0 Å². The van der Waals surface area contributed by atoms with Crippen LogP contribution in [-0.2, 0) is 6.42 Å². The fourth-order valence-electron chi connectivity index (χ4n) is 2.05. The van der Waals surface area contributed by atoms with E-state index in [4.69, 9.17) is 0 Å². The Labute approximate surface area is 79.6 Å². The molecule has 0 aliphatic carbocycles. The maximum absolute atomic E-state index is 4.02. The molecule has 1 atom stereocenters. The van der Waals surface area contributed by atoms with Crippen molar-refractivity contribution < 1.29 is 0 Å². The van der Waals surface area contributed by atoms with E-state index in [-0.39, 0.29) is 0 Å². The zero-order valence-corrected chi connectivity index (χ0v) is 8.11. The van der Waals surface area contributed by atoms with Crippen molar-refractivity contribution in [2.75, 3.05) is 20.1 Å². The van der Waals surface area contributed by atoms with E-state index in [0.717, 1.165) is 5.92 Å².